The van der Waals surface area contributed by atoms with Crippen LogP contribution in [0.25, 0.3) is 5.69 Å². The predicted molar refractivity (Wildman–Crippen MR) is 126 cm³/mol. The van der Waals surface area contributed by atoms with Crippen molar-refractivity contribution in [2.75, 3.05) is 21.3 Å². The molecule has 0 saturated heterocycles. The monoisotopic (exact) mass is 507 g/mol. The molecule has 0 spiro atoms. The van der Waals surface area contributed by atoms with Gasteiger partial charge in [-0.05, 0) is 35.9 Å². The van der Waals surface area contributed by atoms with Gasteiger partial charge in [0.15, 0.2) is 5.96 Å². The van der Waals surface area contributed by atoms with E-state index in [4.69, 9.17) is 9.47 Å². The number of methoxy groups -OCH3 is 2. The van der Waals surface area contributed by atoms with Gasteiger partial charge in [-0.2, -0.15) is 5.10 Å². The maximum absolute atomic E-state index is 5.44. The number of aliphatic imine (C=N–C) groups is 1. The first-order valence-electron chi connectivity index (χ1n) is 8.98. The number of nitrogens with zero attached hydrogens (tertiary/aromatic N) is 3. The van der Waals surface area contributed by atoms with Gasteiger partial charge in [-0.1, -0.05) is 12.1 Å². The third-order valence-electron chi connectivity index (χ3n) is 4.33. The molecule has 0 bridgehead atoms. The number of rotatable bonds is 7. The average Bonchev–Trinajstić information content (AvgIpc) is 3.29. The van der Waals surface area contributed by atoms with Crippen LogP contribution in [0.5, 0.6) is 11.5 Å². The Morgan fingerprint density at radius 2 is 1.79 bits per heavy atom. The van der Waals surface area contributed by atoms with Crippen molar-refractivity contribution in [2.24, 2.45) is 4.99 Å². The third kappa shape index (κ3) is 6.11. The lowest BCUT2D eigenvalue weighted by Gasteiger charge is -2.14. The van der Waals surface area contributed by atoms with Gasteiger partial charge in [-0.25, -0.2) is 4.68 Å². The highest BCUT2D eigenvalue weighted by Crippen LogP contribution is 2.24. The molecular weight excluding hydrogens is 481 g/mol. The minimum atomic E-state index is 0. The standard InChI is InChI=1S/C21H25N5O2.HI/c1-22-21(24-15-17-7-10-19(27-2)13-20(17)28-3)23-14-16-5-8-18(9-6-16)26-12-4-11-25-26;/h4-13H,14-15H2,1-3H3,(H2,22,23,24);1H. The quantitative estimate of drug-likeness (QED) is 0.292. The number of halogens is 1. The molecule has 1 heterocycles. The summed E-state index contributed by atoms with van der Waals surface area (Å²) < 4.78 is 12.5. The molecule has 0 amide bonds. The van der Waals surface area contributed by atoms with Crippen LogP contribution in [-0.4, -0.2) is 37.0 Å². The van der Waals surface area contributed by atoms with Crippen LogP contribution in [0.3, 0.4) is 0 Å². The number of ether oxygens (including phenoxy) is 2. The summed E-state index contributed by atoms with van der Waals surface area (Å²) in [6.07, 6.45) is 3.69. The van der Waals surface area contributed by atoms with E-state index >= 15 is 0 Å². The van der Waals surface area contributed by atoms with Gasteiger partial charge < -0.3 is 20.1 Å². The van der Waals surface area contributed by atoms with Gasteiger partial charge >= 0.3 is 0 Å². The molecule has 0 radical (unpaired) electrons. The van der Waals surface area contributed by atoms with Crippen molar-refractivity contribution in [3.8, 4) is 17.2 Å². The van der Waals surface area contributed by atoms with E-state index in [0.29, 0.717) is 19.0 Å². The van der Waals surface area contributed by atoms with Gasteiger partial charge in [0, 0.05) is 44.2 Å². The van der Waals surface area contributed by atoms with Crippen LogP contribution in [0.4, 0.5) is 0 Å². The highest BCUT2D eigenvalue weighted by Gasteiger charge is 2.06. The van der Waals surface area contributed by atoms with E-state index in [0.717, 1.165) is 28.3 Å². The van der Waals surface area contributed by atoms with Crippen LogP contribution in [0.15, 0.2) is 65.9 Å². The van der Waals surface area contributed by atoms with Crippen molar-refractivity contribution in [2.45, 2.75) is 13.1 Å². The number of hydrogen-bond donors (Lipinski definition) is 2. The summed E-state index contributed by atoms with van der Waals surface area (Å²) in [5.41, 5.74) is 3.21. The van der Waals surface area contributed by atoms with E-state index in [-0.39, 0.29) is 24.0 Å². The Morgan fingerprint density at radius 1 is 1.03 bits per heavy atom. The van der Waals surface area contributed by atoms with Gasteiger partial charge in [0.25, 0.3) is 0 Å². The Balaban J connectivity index is 0.00000300. The smallest absolute Gasteiger partial charge is 0.191 e. The van der Waals surface area contributed by atoms with Crippen LogP contribution in [0.2, 0.25) is 0 Å². The maximum atomic E-state index is 5.44. The van der Waals surface area contributed by atoms with Crippen LogP contribution < -0.4 is 20.1 Å². The lowest BCUT2D eigenvalue weighted by Crippen LogP contribution is -2.36. The van der Waals surface area contributed by atoms with Crippen LogP contribution >= 0.6 is 24.0 Å². The van der Waals surface area contributed by atoms with Crippen molar-refractivity contribution in [3.63, 3.8) is 0 Å². The van der Waals surface area contributed by atoms with E-state index in [1.165, 1.54) is 0 Å². The number of guanidine groups is 1. The predicted octanol–water partition coefficient (Wildman–Crippen LogP) is 3.37. The molecule has 1 aromatic heterocycles. The molecule has 154 valence electrons. The second-order valence-electron chi connectivity index (χ2n) is 6.07. The molecule has 3 aromatic rings. The first-order chi connectivity index (χ1) is 13.7. The summed E-state index contributed by atoms with van der Waals surface area (Å²) in [6, 6.07) is 15.9. The molecule has 7 nitrogen and oxygen atoms in total. The molecule has 2 aromatic carbocycles. The Labute approximate surface area is 188 Å². The van der Waals surface area contributed by atoms with E-state index in [9.17, 15) is 0 Å². The van der Waals surface area contributed by atoms with Crippen molar-refractivity contribution in [1.29, 1.82) is 0 Å². The largest absolute Gasteiger partial charge is 0.497 e. The molecule has 0 aliphatic carbocycles. The highest BCUT2D eigenvalue weighted by atomic mass is 127. The van der Waals surface area contributed by atoms with Gasteiger partial charge in [0.05, 0.1) is 19.9 Å². The molecule has 0 saturated carbocycles. The van der Waals surface area contributed by atoms with E-state index < -0.39 is 0 Å². The SMILES string of the molecule is CN=C(NCc1ccc(-n2cccn2)cc1)NCc1ccc(OC)cc1OC.I. The fourth-order valence-corrected chi connectivity index (χ4v) is 2.77. The summed E-state index contributed by atoms with van der Waals surface area (Å²) in [7, 11) is 5.04. The van der Waals surface area contributed by atoms with Gasteiger partial charge in [-0.3, -0.25) is 4.99 Å². The lowest BCUT2D eigenvalue weighted by atomic mass is 10.2. The topological polar surface area (TPSA) is 72.7 Å². The minimum Gasteiger partial charge on any atom is -0.497 e. The van der Waals surface area contributed by atoms with Crippen LogP contribution in [0.1, 0.15) is 11.1 Å². The molecule has 0 atom stereocenters. The lowest BCUT2D eigenvalue weighted by molar-refractivity contribution is 0.390. The number of aromatic nitrogens is 2. The number of nitrogens with one attached hydrogen (secondary N) is 2. The van der Waals surface area contributed by atoms with Gasteiger partial charge in [-0.15, -0.1) is 24.0 Å². The number of benzene rings is 2. The van der Waals surface area contributed by atoms with Crippen molar-refractivity contribution in [1.82, 2.24) is 20.4 Å². The molecule has 0 aliphatic heterocycles. The summed E-state index contributed by atoms with van der Waals surface area (Å²) >= 11 is 0. The van der Waals surface area contributed by atoms with Crippen LogP contribution in [0, 0.1) is 0 Å². The zero-order valence-electron chi connectivity index (χ0n) is 16.8. The normalized spacial score (nSPS) is 10.8. The van der Waals surface area contributed by atoms with Crippen molar-refractivity contribution >= 4 is 29.9 Å². The fourth-order valence-electron chi connectivity index (χ4n) is 2.77. The summed E-state index contributed by atoms with van der Waals surface area (Å²) in [4.78, 5) is 4.28. The second kappa shape index (κ2) is 11.3. The Bertz CT molecular complexity index is 911. The molecule has 29 heavy (non-hydrogen) atoms. The van der Waals surface area contributed by atoms with Crippen molar-refractivity contribution in [3.05, 3.63) is 72.1 Å². The first-order valence-corrected chi connectivity index (χ1v) is 8.98. The second-order valence-corrected chi connectivity index (χ2v) is 6.07. The van der Waals surface area contributed by atoms with Gasteiger partial charge in [0.2, 0.25) is 0 Å². The fraction of sp³-hybridized carbons (Fsp3) is 0.238. The highest BCUT2D eigenvalue weighted by molar-refractivity contribution is 14.0. The molecular formula is C21H26IN5O2. The minimum absolute atomic E-state index is 0. The maximum Gasteiger partial charge on any atom is 0.191 e. The molecule has 8 heteroatoms. The molecule has 0 aliphatic rings. The molecule has 0 unspecified atom stereocenters. The Hall–Kier alpha value is -2.75. The van der Waals surface area contributed by atoms with E-state index in [1.807, 2.05) is 47.3 Å². The Morgan fingerprint density at radius 3 is 2.41 bits per heavy atom. The third-order valence-corrected chi connectivity index (χ3v) is 4.33. The summed E-state index contributed by atoms with van der Waals surface area (Å²) in [6.45, 7) is 1.25. The average molecular weight is 507 g/mol. The number of hydrogen-bond acceptors (Lipinski definition) is 4. The molecule has 2 N–H and O–H groups in total. The van der Waals surface area contributed by atoms with E-state index in [2.05, 4.69) is 32.9 Å². The molecule has 0 fully saturated rings. The summed E-state index contributed by atoms with van der Waals surface area (Å²) in [5.74, 6) is 2.26. The summed E-state index contributed by atoms with van der Waals surface area (Å²) in [5, 5.41) is 10.9. The molecule has 3 rings (SSSR count). The Kier molecular flexibility index (Phi) is 8.78. The van der Waals surface area contributed by atoms with E-state index in [1.54, 1.807) is 27.5 Å². The first kappa shape index (κ1) is 22.5. The van der Waals surface area contributed by atoms with Crippen molar-refractivity contribution < 1.29 is 9.47 Å². The van der Waals surface area contributed by atoms with Crippen LogP contribution in [-0.2, 0) is 13.1 Å². The zero-order chi connectivity index (χ0) is 19.8. The van der Waals surface area contributed by atoms with Gasteiger partial charge in [0.1, 0.15) is 11.5 Å². The zero-order valence-corrected chi connectivity index (χ0v) is 19.1.